The maximum Gasteiger partial charge on any atom is 0.390 e. The second-order valence-corrected chi connectivity index (χ2v) is 5.89. The summed E-state index contributed by atoms with van der Waals surface area (Å²) in [5.41, 5.74) is -1.74. The zero-order chi connectivity index (χ0) is 17.4. The van der Waals surface area contributed by atoms with Crippen molar-refractivity contribution in [3.63, 3.8) is 0 Å². The van der Waals surface area contributed by atoms with E-state index in [0.717, 1.165) is 12.5 Å². The van der Waals surface area contributed by atoms with Gasteiger partial charge in [-0.1, -0.05) is 13.3 Å². The van der Waals surface area contributed by atoms with Gasteiger partial charge in [-0.2, -0.15) is 13.2 Å². The molecule has 1 atom stereocenters. The van der Waals surface area contributed by atoms with E-state index in [1.807, 2.05) is 6.92 Å². The van der Waals surface area contributed by atoms with Crippen molar-refractivity contribution in [2.75, 3.05) is 11.4 Å². The van der Waals surface area contributed by atoms with Gasteiger partial charge in [0.25, 0.3) is 5.69 Å². The summed E-state index contributed by atoms with van der Waals surface area (Å²) < 4.78 is 38.9. The van der Waals surface area contributed by atoms with Gasteiger partial charge in [0, 0.05) is 24.4 Å². The van der Waals surface area contributed by atoms with Crippen molar-refractivity contribution in [1.29, 1.82) is 0 Å². The summed E-state index contributed by atoms with van der Waals surface area (Å²) in [4.78, 5) is 24.2. The minimum absolute atomic E-state index is 0.0742. The van der Waals surface area contributed by atoms with E-state index in [1.54, 1.807) is 0 Å². The van der Waals surface area contributed by atoms with Crippen LogP contribution in [0.3, 0.4) is 0 Å². The standard InChI is InChI=1S/C15H17F3N2O3/c1-3-4-7-19-12-6-5-10(20(22)23)8-11(12)14(2,13(19)21)9-15(16,17)18/h5-6,8H,3-4,7,9H2,1-2H3. The van der Waals surface area contributed by atoms with Gasteiger partial charge in [0.05, 0.1) is 16.8 Å². The lowest BCUT2D eigenvalue weighted by molar-refractivity contribution is -0.384. The number of benzene rings is 1. The van der Waals surface area contributed by atoms with E-state index in [0.29, 0.717) is 18.7 Å². The van der Waals surface area contributed by atoms with Gasteiger partial charge in [0.15, 0.2) is 0 Å². The quantitative estimate of drug-likeness (QED) is 0.606. The average molecular weight is 330 g/mol. The Morgan fingerprint density at radius 2 is 2.00 bits per heavy atom. The fourth-order valence-electron chi connectivity index (χ4n) is 2.95. The number of hydrogen-bond acceptors (Lipinski definition) is 3. The summed E-state index contributed by atoms with van der Waals surface area (Å²) in [7, 11) is 0. The van der Waals surface area contributed by atoms with E-state index >= 15 is 0 Å². The molecule has 0 aliphatic carbocycles. The molecule has 0 N–H and O–H groups in total. The van der Waals surface area contributed by atoms with E-state index in [1.165, 1.54) is 24.0 Å². The van der Waals surface area contributed by atoms with Gasteiger partial charge in [-0.25, -0.2) is 0 Å². The first-order valence-electron chi connectivity index (χ1n) is 7.28. The van der Waals surface area contributed by atoms with Crippen LogP contribution in [0.4, 0.5) is 24.5 Å². The number of nitrogens with zero attached hydrogens (tertiary/aromatic N) is 2. The van der Waals surface area contributed by atoms with Crippen LogP contribution in [-0.2, 0) is 10.2 Å². The molecule has 2 rings (SSSR count). The zero-order valence-corrected chi connectivity index (χ0v) is 12.8. The number of amides is 1. The Labute approximate surface area is 131 Å². The van der Waals surface area contributed by atoms with Gasteiger partial charge in [0.1, 0.15) is 0 Å². The monoisotopic (exact) mass is 330 g/mol. The number of hydrogen-bond donors (Lipinski definition) is 0. The van der Waals surface area contributed by atoms with Crippen LogP contribution in [0.2, 0.25) is 0 Å². The average Bonchev–Trinajstić information content (AvgIpc) is 2.63. The molecule has 1 amide bonds. The molecular weight excluding hydrogens is 313 g/mol. The summed E-state index contributed by atoms with van der Waals surface area (Å²) >= 11 is 0. The maximum absolute atomic E-state index is 13.0. The predicted octanol–water partition coefficient (Wildman–Crippen LogP) is 3.95. The highest BCUT2D eigenvalue weighted by molar-refractivity contribution is 6.08. The summed E-state index contributed by atoms with van der Waals surface area (Å²) in [5.74, 6) is -0.654. The number of carbonyl (C=O) groups is 1. The van der Waals surface area contributed by atoms with Crippen molar-refractivity contribution >= 4 is 17.3 Å². The SMILES string of the molecule is CCCCN1C(=O)C(C)(CC(F)(F)F)c2cc([N+](=O)[O-])ccc21. The smallest absolute Gasteiger partial charge is 0.311 e. The van der Waals surface area contributed by atoms with Gasteiger partial charge >= 0.3 is 6.18 Å². The first-order chi connectivity index (χ1) is 10.6. The number of non-ortho nitro benzene ring substituents is 1. The van der Waals surface area contributed by atoms with Crippen LogP contribution in [0.25, 0.3) is 0 Å². The lowest BCUT2D eigenvalue weighted by Gasteiger charge is -2.25. The molecule has 1 aromatic rings. The van der Waals surface area contributed by atoms with Crippen molar-refractivity contribution in [1.82, 2.24) is 0 Å². The highest BCUT2D eigenvalue weighted by Crippen LogP contribution is 2.48. The molecule has 1 heterocycles. The van der Waals surface area contributed by atoms with Gasteiger partial charge in [0.2, 0.25) is 5.91 Å². The molecular formula is C15H17F3N2O3. The lowest BCUT2D eigenvalue weighted by Crippen LogP contribution is -2.41. The molecule has 8 heteroatoms. The maximum atomic E-state index is 13.0. The summed E-state index contributed by atoms with van der Waals surface area (Å²) in [5, 5.41) is 10.9. The molecule has 0 bridgehead atoms. The van der Waals surface area contributed by atoms with Crippen molar-refractivity contribution in [2.24, 2.45) is 0 Å². The number of nitro benzene ring substituents is 1. The summed E-state index contributed by atoms with van der Waals surface area (Å²) in [6.45, 7) is 3.41. The van der Waals surface area contributed by atoms with Crippen molar-refractivity contribution in [3.05, 3.63) is 33.9 Å². The first-order valence-corrected chi connectivity index (χ1v) is 7.28. The molecule has 23 heavy (non-hydrogen) atoms. The number of anilines is 1. The third-order valence-electron chi connectivity index (χ3n) is 4.08. The largest absolute Gasteiger partial charge is 0.390 e. The number of halogens is 3. The van der Waals surface area contributed by atoms with Crippen LogP contribution < -0.4 is 4.90 Å². The van der Waals surface area contributed by atoms with Crippen LogP contribution in [0.1, 0.15) is 38.7 Å². The van der Waals surface area contributed by atoms with Crippen molar-refractivity contribution < 1.29 is 22.9 Å². The fourth-order valence-corrected chi connectivity index (χ4v) is 2.95. The Morgan fingerprint density at radius 3 is 2.52 bits per heavy atom. The van der Waals surface area contributed by atoms with Crippen LogP contribution in [0.15, 0.2) is 18.2 Å². The second-order valence-electron chi connectivity index (χ2n) is 5.89. The van der Waals surface area contributed by atoms with E-state index in [4.69, 9.17) is 0 Å². The van der Waals surface area contributed by atoms with Gasteiger partial charge in [-0.3, -0.25) is 14.9 Å². The van der Waals surface area contributed by atoms with Gasteiger partial charge in [-0.05, 0) is 25.0 Å². The molecule has 0 saturated carbocycles. The molecule has 1 aliphatic heterocycles. The summed E-state index contributed by atoms with van der Waals surface area (Å²) in [6, 6.07) is 3.66. The van der Waals surface area contributed by atoms with Gasteiger partial charge < -0.3 is 4.90 Å². The van der Waals surface area contributed by atoms with E-state index < -0.39 is 28.8 Å². The van der Waals surface area contributed by atoms with Crippen LogP contribution in [-0.4, -0.2) is 23.6 Å². The van der Waals surface area contributed by atoms with Crippen LogP contribution in [0, 0.1) is 10.1 Å². The number of carbonyl (C=O) groups excluding carboxylic acids is 1. The molecule has 0 fully saturated rings. The van der Waals surface area contributed by atoms with E-state index in [9.17, 15) is 28.1 Å². The number of alkyl halides is 3. The minimum atomic E-state index is -4.55. The fraction of sp³-hybridized carbons (Fsp3) is 0.533. The van der Waals surface area contributed by atoms with Crippen molar-refractivity contribution in [2.45, 2.75) is 44.7 Å². The Bertz CT molecular complexity index is 645. The highest BCUT2D eigenvalue weighted by atomic mass is 19.4. The number of unbranched alkanes of at least 4 members (excludes halogenated alkanes) is 1. The Balaban J connectivity index is 2.55. The minimum Gasteiger partial charge on any atom is -0.311 e. The number of fused-ring (bicyclic) bond motifs is 1. The topological polar surface area (TPSA) is 63.5 Å². The second kappa shape index (κ2) is 5.82. The molecule has 1 unspecified atom stereocenters. The molecule has 0 spiro atoms. The van der Waals surface area contributed by atoms with Crippen LogP contribution in [0.5, 0.6) is 0 Å². The van der Waals surface area contributed by atoms with Crippen LogP contribution >= 0.6 is 0 Å². The highest BCUT2D eigenvalue weighted by Gasteiger charge is 2.53. The lowest BCUT2D eigenvalue weighted by atomic mass is 9.80. The number of nitro groups is 1. The molecule has 5 nitrogen and oxygen atoms in total. The molecule has 0 radical (unpaired) electrons. The van der Waals surface area contributed by atoms with Crippen molar-refractivity contribution in [3.8, 4) is 0 Å². The van der Waals surface area contributed by atoms with E-state index in [-0.39, 0.29) is 11.3 Å². The summed E-state index contributed by atoms with van der Waals surface area (Å²) in [6.07, 6.45) is -4.46. The normalized spacial score (nSPS) is 20.7. The Morgan fingerprint density at radius 1 is 1.35 bits per heavy atom. The Kier molecular flexibility index (Phi) is 4.37. The molecule has 0 saturated heterocycles. The van der Waals surface area contributed by atoms with E-state index in [2.05, 4.69) is 0 Å². The Hall–Kier alpha value is -2.12. The zero-order valence-electron chi connectivity index (χ0n) is 12.8. The predicted molar refractivity (Wildman–Crippen MR) is 78.4 cm³/mol. The third kappa shape index (κ3) is 3.16. The third-order valence-corrected chi connectivity index (χ3v) is 4.08. The molecule has 126 valence electrons. The molecule has 1 aliphatic rings. The first kappa shape index (κ1) is 17.2. The molecule has 1 aromatic carbocycles. The van der Waals surface area contributed by atoms with Gasteiger partial charge in [-0.15, -0.1) is 0 Å². The molecule has 0 aromatic heterocycles. The number of rotatable bonds is 5.